The fraction of sp³-hybridized carbons (Fsp3) is 0.409. The molecule has 0 aliphatic rings. The van der Waals surface area contributed by atoms with Gasteiger partial charge in [-0.2, -0.15) is 0 Å². The maximum absolute atomic E-state index is 11.8. The monoisotopic (exact) mass is 368 g/mol. The second kappa shape index (κ2) is 9.86. The van der Waals surface area contributed by atoms with Crippen molar-refractivity contribution in [2.45, 2.75) is 45.4 Å². The summed E-state index contributed by atoms with van der Waals surface area (Å²) < 4.78 is 5.16. The largest absolute Gasteiger partial charge is 0.464 e. The van der Waals surface area contributed by atoms with Crippen LogP contribution in [0.3, 0.4) is 0 Å². The van der Waals surface area contributed by atoms with E-state index >= 15 is 0 Å². The zero-order valence-corrected chi connectivity index (χ0v) is 16.3. The molecule has 144 valence electrons. The highest BCUT2D eigenvalue weighted by atomic mass is 16.5. The van der Waals surface area contributed by atoms with E-state index in [2.05, 4.69) is 55.3 Å². The normalized spacial score (nSPS) is 11.1. The van der Waals surface area contributed by atoms with Gasteiger partial charge in [-0.3, -0.25) is 14.6 Å². The van der Waals surface area contributed by atoms with Crippen LogP contribution in [0.25, 0.3) is 0 Å². The van der Waals surface area contributed by atoms with Crippen molar-refractivity contribution in [1.82, 2.24) is 10.3 Å². The minimum absolute atomic E-state index is 0.148. The van der Waals surface area contributed by atoms with E-state index < -0.39 is 0 Å². The molecule has 0 fully saturated rings. The average molecular weight is 368 g/mol. The van der Waals surface area contributed by atoms with Crippen LogP contribution in [0.4, 0.5) is 0 Å². The van der Waals surface area contributed by atoms with Crippen molar-refractivity contribution >= 4 is 11.9 Å². The summed E-state index contributed by atoms with van der Waals surface area (Å²) in [5.41, 5.74) is 3.16. The number of pyridine rings is 1. The van der Waals surface area contributed by atoms with Crippen LogP contribution in [0, 0.1) is 0 Å². The molecule has 2 aromatic rings. The molecule has 1 amide bonds. The standard InChI is InChI=1S/C22H28N2O3/c1-22(2,3)19-11-9-17(10-12-19)6-4-8-20(25)27-15-14-24-21(26)18-7-5-13-23-16-18/h5,7,9-13,16H,4,6,8,14-15H2,1-3H3,(H,24,26). The van der Waals surface area contributed by atoms with Gasteiger partial charge in [0.05, 0.1) is 12.1 Å². The molecular formula is C22H28N2O3. The molecule has 1 aromatic carbocycles. The predicted molar refractivity (Wildman–Crippen MR) is 106 cm³/mol. The van der Waals surface area contributed by atoms with E-state index in [1.165, 1.54) is 17.3 Å². The first kappa shape index (κ1) is 20.6. The number of hydrogen-bond donors (Lipinski definition) is 1. The van der Waals surface area contributed by atoms with Gasteiger partial charge in [-0.05, 0) is 41.5 Å². The van der Waals surface area contributed by atoms with Crippen LogP contribution < -0.4 is 5.32 Å². The zero-order valence-electron chi connectivity index (χ0n) is 16.3. The Bertz CT molecular complexity index is 734. The zero-order chi connectivity index (χ0) is 19.7. The first-order valence-electron chi connectivity index (χ1n) is 9.29. The maximum Gasteiger partial charge on any atom is 0.305 e. The van der Waals surface area contributed by atoms with E-state index in [1.807, 2.05) is 0 Å². The number of rotatable bonds is 8. The lowest BCUT2D eigenvalue weighted by atomic mass is 9.86. The molecule has 0 saturated heterocycles. The molecule has 2 rings (SSSR count). The summed E-state index contributed by atoms with van der Waals surface area (Å²) in [4.78, 5) is 27.5. The van der Waals surface area contributed by atoms with Gasteiger partial charge < -0.3 is 10.1 Å². The van der Waals surface area contributed by atoms with Crippen LogP contribution in [0.1, 0.15) is 55.1 Å². The summed E-state index contributed by atoms with van der Waals surface area (Å²) in [6, 6.07) is 11.9. The second-order valence-corrected chi connectivity index (χ2v) is 7.52. The van der Waals surface area contributed by atoms with Crippen molar-refractivity contribution in [3.8, 4) is 0 Å². The second-order valence-electron chi connectivity index (χ2n) is 7.52. The molecule has 1 N–H and O–H groups in total. The summed E-state index contributed by atoms with van der Waals surface area (Å²) in [7, 11) is 0. The fourth-order valence-corrected chi connectivity index (χ4v) is 2.61. The number of aromatic nitrogens is 1. The summed E-state index contributed by atoms with van der Waals surface area (Å²) in [5.74, 6) is -0.463. The van der Waals surface area contributed by atoms with E-state index in [-0.39, 0.29) is 30.4 Å². The number of esters is 1. The molecule has 5 nitrogen and oxygen atoms in total. The summed E-state index contributed by atoms with van der Waals surface area (Å²) in [6.07, 6.45) is 5.07. The van der Waals surface area contributed by atoms with E-state index in [0.717, 1.165) is 12.8 Å². The Kier molecular flexibility index (Phi) is 7.53. The molecule has 0 aliphatic heterocycles. The Morgan fingerprint density at radius 1 is 1.11 bits per heavy atom. The van der Waals surface area contributed by atoms with Gasteiger partial charge in [0.1, 0.15) is 6.61 Å². The SMILES string of the molecule is CC(C)(C)c1ccc(CCCC(=O)OCCNC(=O)c2cccnc2)cc1. The highest BCUT2D eigenvalue weighted by Gasteiger charge is 2.13. The number of hydrogen-bond acceptors (Lipinski definition) is 4. The fourth-order valence-electron chi connectivity index (χ4n) is 2.61. The Morgan fingerprint density at radius 3 is 2.48 bits per heavy atom. The number of amides is 1. The molecule has 1 heterocycles. The molecule has 0 saturated carbocycles. The molecule has 0 aliphatic carbocycles. The molecule has 0 bridgehead atoms. The summed E-state index contributed by atoms with van der Waals surface area (Å²) in [6.45, 7) is 7.03. The molecule has 0 atom stereocenters. The Labute approximate surface area is 161 Å². The Morgan fingerprint density at radius 2 is 1.85 bits per heavy atom. The third-order valence-corrected chi connectivity index (χ3v) is 4.24. The molecule has 0 spiro atoms. The number of benzene rings is 1. The highest BCUT2D eigenvalue weighted by Crippen LogP contribution is 2.22. The van der Waals surface area contributed by atoms with E-state index in [0.29, 0.717) is 12.0 Å². The number of ether oxygens (including phenoxy) is 1. The van der Waals surface area contributed by atoms with Crippen LogP contribution in [-0.2, 0) is 21.4 Å². The van der Waals surface area contributed by atoms with Gasteiger partial charge in [0.25, 0.3) is 5.91 Å². The lowest BCUT2D eigenvalue weighted by molar-refractivity contribution is -0.143. The lowest BCUT2D eigenvalue weighted by Crippen LogP contribution is -2.28. The van der Waals surface area contributed by atoms with Crippen LogP contribution >= 0.6 is 0 Å². The minimum Gasteiger partial charge on any atom is -0.464 e. The number of nitrogens with zero attached hydrogens (tertiary/aromatic N) is 1. The first-order chi connectivity index (χ1) is 12.9. The van der Waals surface area contributed by atoms with E-state index in [9.17, 15) is 9.59 Å². The van der Waals surface area contributed by atoms with Gasteiger partial charge in [-0.25, -0.2) is 0 Å². The van der Waals surface area contributed by atoms with Crippen molar-refractivity contribution in [2.24, 2.45) is 0 Å². The van der Waals surface area contributed by atoms with Crippen LogP contribution in [-0.4, -0.2) is 30.0 Å². The highest BCUT2D eigenvalue weighted by molar-refractivity contribution is 5.93. The van der Waals surface area contributed by atoms with Crippen molar-refractivity contribution in [3.05, 3.63) is 65.5 Å². The third kappa shape index (κ3) is 7.21. The molecular weight excluding hydrogens is 340 g/mol. The quantitative estimate of drug-likeness (QED) is 0.570. The Balaban J connectivity index is 1.60. The van der Waals surface area contributed by atoms with Gasteiger partial charge in [-0.15, -0.1) is 0 Å². The molecule has 1 aromatic heterocycles. The van der Waals surface area contributed by atoms with Gasteiger partial charge in [0.2, 0.25) is 0 Å². The molecule has 27 heavy (non-hydrogen) atoms. The predicted octanol–water partition coefficient (Wildman–Crippen LogP) is 3.68. The molecule has 0 unspecified atom stereocenters. The van der Waals surface area contributed by atoms with Gasteiger partial charge in [-0.1, -0.05) is 45.0 Å². The Hall–Kier alpha value is -2.69. The number of carbonyl (C=O) groups is 2. The van der Waals surface area contributed by atoms with Crippen molar-refractivity contribution in [2.75, 3.05) is 13.2 Å². The van der Waals surface area contributed by atoms with Gasteiger partial charge in [0, 0.05) is 18.8 Å². The van der Waals surface area contributed by atoms with Crippen LogP contribution in [0.5, 0.6) is 0 Å². The first-order valence-corrected chi connectivity index (χ1v) is 9.29. The maximum atomic E-state index is 11.8. The van der Waals surface area contributed by atoms with E-state index in [4.69, 9.17) is 4.74 Å². The minimum atomic E-state index is -0.239. The number of aryl methyl sites for hydroxylation is 1. The summed E-state index contributed by atoms with van der Waals surface area (Å²) >= 11 is 0. The van der Waals surface area contributed by atoms with Gasteiger partial charge in [0.15, 0.2) is 0 Å². The van der Waals surface area contributed by atoms with Crippen molar-refractivity contribution in [1.29, 1.82) is 0 Å². The molecule has 0 radical (unpaired) electrons. The third-order valence-electron chi connectivity index (χ3n) is 4.24. The topological polar surface area (TPSA) is 68.3 Å². The van der Waals surface area contributed by atoms with Crippen molar-refractivity contribution in [3.63, 3.8) is 0 Å². The average Bonchev–Trinajstić information content (AvgIpc) is 2.65. The number of carbonyl (C=O) groups excluding carboxylic acids is 2. The van der Waals surface area contributed by atoms with Crippen LogP contribution in [0.15, 0.2) is 48.8 Å². The van der Waals surface area contributed by atoms with E-state index in [1.54, 1.807) is 18.3 Å². The number of nitrogens with one attached hydrogen (secondary N) is 1. The van der Waals surface area contributed by atoms with Crippen molar-refractivity contribution < 1.29 is 14.3 Å². The van der Waals surface area contributed by atoms with Gasteiger partial charge >= 0.3 is 5.97 Å². The lowest BCUT2D eigenvalue weighted by Gasteiger charge is -2.19. The van der Waals surface area contributed by atoms with Crippen LogP contribution in [0.2, 0.25) is 0 Å². The summed E-state index contributed by atoms with van der Waals surface area (Å²) in [5, 5.41) is 2.70. The molecule has 5 heteroatoms. The smallest absolute Gasteiger partial charge is 0.305 e.